The maximum absolute atomic E-state index is 9.50. The van der Waals surface area contributed by atoms with E-state index in [-0.39, 0.29) is 6.54 Å². The number of fused-ring (bicyclic) bond motifs is 1. The van der Waals surface area contributed by atoms with Gasteiger partial charge in [0.2, 0.25) is 5.88 Å². The molecule has 2 rings (SSSR count). The van der Waals surface area contributed by atoms with Crippen LogP contribution >= 0.6 is 0 Å². The quantitative estimate of drug-likeness (QED) is 0.725. The summed E-state index contributed by atoms with van der Waals surface area (Å²) in [5.74, 6) is 0.494. The lowest BCUT2D eigenvalue weighted by Crippen LogP contribution is -2.11. The van der Waals surface area contributed by atoms with Gasteiger partial charge in [0.1, 0.15) is 6.10 Å². The Balaban J connectivity index is 2.46. The minimum absolute atomic E-state index is 0.147. The fraction of sp³-hybridized carbons (Fsp3) is 0.333. The minimum atomic E-state index is -0.740. The molecular formula is C9H12N4O2. The molecule has 1 unspecified atom stereocenters. The molecule has 0 aliphatic heterocycles. The van der Waals surface area contributed by atoms with Crippen molar-refractivity contribution in [1.82, 2.24) is 14.4 Å². The van der Waals surface area contributed by atoms with Crippen LogP contribution in [-0.4, -0.2) is 33.1 Å². The minimum Gasteiger partial charge on any atom is -0.480 e. The molecule has 0 radical (unpaired) electrons. The zero-order valence-electron chi connectivity index (χ0n) is 8.29. The molecule has 15 heavy (non-hydrogen) atoms. The van der Waals surface area contributed by atoms with Crippen molar-refractivity contribution < 1.29 is 9.84 Å². The number of aromatic nitrogens is 3. The van der Waals surface area contributed by atoms with Crippen LogP contribution in [0.4, 0.5) is 0 Å². The van der Waals surface area contributed by atoms with Gasteiger partial charge >= 0.3 is 0 Å². The van der Waals surface area contributed by atoms with Gasteiger partial charge in [-0.15, -0.1) is 0 Å². The summed E-state index contributed by atoms with van der Waals surface area (Å²) >= 11 is 0. The van der Waals surface area contributed by atoms with Gasteiger partial charge in [-0.05, 0) is 0 Å². The maximum Gasteiger partial charge on any atom is 0.230 e. The Bertz CT molecular complexity index is 468. The molecule has 2 heterocycles. The fourth-order valence-corrected chi connectivity index (χ4v) is 1.29. The number of methoxy groups -OCH3 is 1. The molecule has 0 saturated heterocycles. The van der Waals surface area contributed by atoms with E-state index in [1.807, 2.05) is 0 Å². The van der Waals surface area contributed by atoms with Crippen molar-refractivity contribution in [3.05, 3.63) is 24.3 Å². The van der Waals surface area contributed by atoms with Gasteiger partial charge in [0.15, 0.2) is 5.65 Å². The zero-order chi connectivity index (χ0) is 10.8. The van der Waals surface area contributed by atoms with Crippen LogP contribution in [0.1, 0.15) is 11.8 Å². The summed E-state index contributed by atoms with van der Waals surface area (Å²) in [4.78, 5) is 8.18. The number of aliphatic hydroxyl groups is 1. The molecule has 0 aliphatic carbocycles. The first-order valence-electron chi connectivity index (χ1n) is 4.51. The molecular weight excluding hydrogens is 196 g/mol. The van der Waals surface area contributed by atoms with E-state index in [0.29, 0.717) is 17.2 Å². The summed E-state index contributed by atoms with van der Waals surface area (Å²) in [6, 6.07) is 0. The third kappa shape index (κ3) is 1.77. The van der Waals surface area contributed by atoms with Crippen LogP contribution in [0.15, 0.2) is 18.6 Å². The molecule has 80 valence electrons. The largest absolute Gasteiger partial charge is 0.480 e. The molecule has 3 N–H and O–H groups in total. The van der Waals surface area contributed by atoms with Crippen LogP contribution in [0, 0.1) is 0 Å². The Kier molecular flexibility index (Phi) is 2.53. The number of nitrogens with two attached hydrogens (primary N) is 1. The Labute approximate surface area is 86.3 Å². The van der Waals surface area contributed by atoms with E-state index in [9.17, 15) is 5.11 Å². The fourth-order valence-electron chi connectivity index (χ4n) is 1.29. The molecule has 0 aliphatic rings. The van der Waals surface area contributed by atoms with E-state index in [0.717, 1.165) is 0 Å². The van der Waals surface area contributed by atoms with Gasteiger partial charge in [0.25, 0.3) is 0 Å². The lowest BCUT2D eigenvalue weighted by molar-refractivity contribution is 0.182. The molecule has 0 bridgehead atoms. The van der Waals surface area contributed by atoms with E-state index >= 15 is 0 Å². The standard InChI is InChI=1S/C9H12N4O2/c1-15-9-5-13-4-6(7(14)2-10)12-8(13)3-11-9/h3-5,7,14H,2,10H2,1H3. The van der Waals surface area contributed by atoms with Crippen LogP contribution in [0.3, 0.4) is 0 Å². The van der Waals surface area contributed by atoms with Crippen LogP contribution in [0.5, 0.6) is 5.88 Å². The lowest BCUT2D eigenvalue weighted by atomic mass is 10.3. The Morgan fingerprint density at radius 3 is 3.07 bits per heavy atom. The molecule has 0 amide bonds. The predicted molar refractivity (Wildman–Crippen MR) is 53.6 cm³/mol. The molecule has 0 saturated carbocycles. The summed E-state index contributed by atoms with van der Waals surface area (Å²) in [5, 5.41) is 9.50. The molecule has 0 spiro atoms. The third-order valence-corrected chi connectivity index (χ3v) is 2.11. The third-order valence-electron chi connectivity index (χ3n) is 2.11. The number of hydrogen-bond donors (Lipinski definition) is 2. The highest BCUT2D eigenvalue weighted by molar-refractivity contribution is 5.39. The van der Waals surface area contributed by atoms with Crippen LogP contribution in [0.2, 0.25) is 0 Å². The van der Waals surface area contributed by atoms with Crippen molar-refractivity contribution in [3.63, 3.8) is 0 Å². The number of aliphatic hydroxyl groups excluding tert-OH is 1. The molecule has 0 fully saturated rings. The highest BCUT2D eigenvalue weighted by atomic mass is 16.5. The smallest absolute Gasteiger partial charge is 0.230 e. The normalized spacial score (nSPS) is 13.0. The summed E-state index contributed by atoms with van der Waals surface area (Å²) in [6.07, 6.45) is 4.23. The number of rotatable bonds is 3. The van der Waals surface area contributed by atoms with Crippen molar-refractivity contribution in [3.8, 4) is 5.88 Å². The molecule has 6 heteroatoms. The van der Waals surface area contributed by atoms with Crippen molar-refractivity contribution in [1.29, 1.82) is 0 Å². The van der Waals surface area contributed by atoms with Crippen molar-refractivity contribution in [2.24, 2.45) is 5.73 Å². The van der Waals surface area contributed by atoms with Gasteiger partial charge in [-0.2, -0.15) is 0 Å². The van der Waals surface area contributed by atoms with Crippen molar-refractivity contribution in [2.45, 2.75) is 6.10 Å². The van der Waals surface area contributed by atoms with Gasteiger partial charge in [0, 0.05) is 12.7 Å². The van der Waals surface area contributed by atoms with Gasteiger partial charge in [-0.3, -0.25) is 4.40 Å². The first kappa shape index (κ1) is 9.88. The van der Waals surface area contributed by atoms with E-state index in [4.69, 9.17) is 10.5 Å². The van der Waals surface area contributed by atoms with E-state index < -0.39 is 6.10 Å². The zero-order valence-corrected chi connectivity index (χ0v) is 8.29. The second-order valence-electron chi connectivity index (χ2n) is 3.11. The summed E-state index contributed by atoms with van der Waals surface area (Å²) in [7, 11) is 1.54. The maximum atomic E-state index is 9.50. The Hall–Kier alpha value is -1.66. The second kappa shape index (κ2) is 3.84. The first-order chi connectivity index (χ1) is 7.24. The van der Waals surface area contributed by atoms with Crippen molar-refractivity contribution in [2.75, 3.05) is 13.7 Å². The highest BCUT2D eigenvalue weighted by Crippen LogP contribution is 2.14. The van der Waals surface area contributed by atoms with E-state index in [1.165, 1.54) is 0 Å². The van der Waals surface area contributed by atoms with E-state index in [1.54, 1.807) is 30.1 Å². The average Bonchev–Trinajstić information content (AvgIpc) is 2.70. The molecule has 1 atom stereocenters. The molecule has 0 aromatic carbocycles. The van der Waals surface area contributed by atoms with Crippen LogP contribution in [-0.2, 0) is 0 Å². The molecule has 6 nitrogen and oxygen atoms in total. The predicted octanol–water partition coefficient (Wildman–Crippen LogP) is -0.270. The monoisotopic (exact) mass is 208 g/mol. The number of imidazole rings is 1. The van der Waals surface area contributed by atoms with Crippen molar-refractivity contribution >= 4 is 5.65 Å². The topological polar surface area (TPSA) is 85.7 Å². The van der Waals surface area contributed by atoms with Gasteiger partial charge in [-0.25, -0.2) is 9.97 Å². The van der Waals surface area contributed by atoms with Gasteiger partial charge < -0.3 is 15.6 Å². The first-order valence-corrected chi connectivity index (χ1v) is 4.51. The summed E-state index contributed by atoms with van der Waals surface area (Å²) < 4.78 is 6.71. The molecule has 2 aromatic rings. The number of nitrogens with zero attached hydrogens (tertiary/aromatic N) is 3. The van der Waals surface area contributed by atoms with Gasteiger partial charge in [0.05, 0.1) is 25.2 Å². The lowest BCUT2D eigenvalue weighted by Gasteiger charge is -2.00. The Morgan fingerprint density at radius 2 is 2.40 bits per heavy atom. The number of hydrogen-bond acceptors (Lipinski definition) is 5. The van der Waals surface area contributed by atoms with E-state index in [2.05, 4.69) is 9.97 Å². The summed E-state index contributed by atoms with van der Waals surface area (Å²) in [6.45, 7) is 0.147. The Morgan fingerprint density at radius 1 is 1.60 bits per heavy atom. The second-order valence-corrected chi connectivity index (χ2v) is 3.11. The average molecular weight is 208 g/mol. The molecule has 2 aromatic heterocycles. The van der Waals surface area contributed by atoms with Gasteiger partial charge in [-0.1, -0.05) is 0 Å². The highest BCUT2D eigenvalue weighted by Gasteiger charge is 2.10. The summed E-state index contributed by atoms with van der Waals surface area (Å²) in [5.41, 5.74) is 6.53. The number of ether oxygens (including phenoxy) is 1. The van der Waals surface area contributed by atoms with Crippen LogP contribution in [0.25, 0.3) is 5.65 Å². The SMILES string of the molecule is COc1cn2cc(C(O)CN)nc2cn1. The van der Waals surface area contributed by atoms with Crippen LogP contribution < -0.4 is 10.5 Å².